The van der Waals surface area contributed by atoms with Crippen LogP contribution in [0.15, 0.2) is 28.7 Å². The number of nitrogens with two attached hydrogens (primary N) is 1. The molecule has 0 saturated carbocycles. The Hall–Kier alpha value is -0.870. The van der Waals surface area contributed by atoms with Crippen LogP contribution in [-0.4, -0.2) is 12.5 Å². The largest absolute Gasteiger partial charge is 0.349 e. The van der Waals surface area contributed by atoms with Crippen LogP contribution in [0.1, 0.15) is 45.7 Å². The molecular formula is C16H25BrN2O. The van der Waals surface area contributed by atoms with Crippen LogP contribution in [0.3, 0.4) is 0 Å². The fourth-order valence-electron chi connectivity index (χ4n) is 2.21. The highest BCUT2D eigenvalue weighted by Gasteiger charge is 2.24. The highest BCUT2D eigenvalue weighted by atomic mass is 79.9. The van der Waals surface area contributed by atoms with Crippen molar-refractivity contribution in [2.24, 2.45) is 17.1 Å². The maximum absolute atomic E-state index is 12.3. The summed E-state index contributed by atoms with van der Waals surface area (Å²) in [4.78, 5) is 12.3. The van der Waals surface area contributed by atoms with Gasteiger partial charge in [-0.05, 0) is 36.5 Å². The average Bonchev–Trinajstić information content (AvgIpc) is 2.34. The van der Waals surface area contributed by atoms with E-state index in [0.717, 1.165) is 16.5 Å². The Morgan fingerprint density at radius 3 is 2.55 bits per heavy atom. The monoisotopic (exact) mass is 340 g/mol. The van der Waals surface area contributed by atoms with Crippen LogP contribution in [0.4, 0.5) is 0 Å². The number of carbonyl (C=O) groups excluding carboxylic acids is 1. The first-order valence-electron chi connectivity index (χ1n) is 6.99. The van der Waals surface area contributed by atoms with Gasteiger partial charge in [-0.25, -0.2) is 0 Å². The number of hydrogen-bond acceptors (Lipinski definition) is 2. The molecule has 0 saturated heterocycles. The fraction of sp³-hybridized carbons (Fsp3) is 0.562. The van der Waals surface area contributed by atoms with Crippen LogP contribution in [0.5, 0.6) is 0 Å². The molecule has 0 spiro atoms. The molecule has 0 radical (unpaired) electrons. The Balaban J connectivity index is 2.68. The van der Waals surface area contributed by atoms with Crippen molar-refractivity contribution in [1.29, 1.82) is 0 Å². The molecule has 0 bridgehead atoms. The van der Waals surface area contributed by atoms with Gasteiger partial charge in [0.1, 0.15) is 0 Å². The summed E-state index contributed by atoms with van der Waals surface area (Å²) < 4.78 is 1.01. The van der Waals surface area contributed by atoms with E-state index in [0.29, 0.717) is 6.54 Å². The predicted molar refractivity (Wildman–Crippen MR) is 87.3 cm³/mol. The molecule has 4 heteroatoms. The number of benzene rings is 1. The lowest BCUT2D eigenvalue weighted by Crippen LogP contribution is -2.38. The lowest BCUT2D eigenvalue weighted by atomic mass is 9.84. The maximum Gasteiger partial charge on any atom is 0.224 e. The third-order valence-electron chi connectivity index (χ3n) is 3.22. The average molecular weight is 341 g/mol. The molecule has 0 aromatic heterocycles. The minimum absolute atomic E-state index is 0.0194. The minimum atomic E-state index is -0.135. The summed E-state index contributed by atoms with van der Waals surface area (Å²) in [5.41, 5.74) is 6.93. The number of rotatable bonds is 5. The third kappa shape index (κ3) is 5.63. The van der Waals surface area contributed by atoms with Crippen LogP contribution in [0, 0.1) is 11.3 Å². The Morgan fingerprint density at radius 1 is 1.40 bits per heavy atom. The quantitative estimate of drug-likeness (QED) is 0.859. The summed E-state index contributed by atoms with van der Waals surface area (Å²) >= 11 is 3.45. The van der Waals surface area contributed by atoms with E-state index in [1.54, 1.807) is 0 Å². The van der Waals surface area contributed by atoms with E-state index < -0.39 is 0 Å². The van der Waals surface area contributed by atoms with Gasteiger partial charge in [0.15, 0.2) is 0 Å². The van der Waals surface area contributed by atoms with Gasteiger partial charge in [0.05, 0.1) is 12.0 Å². The molecule has 0 aliphatic rings. The first kappa shape index (κ1) is 17.2. The molecule has 0 fully saturated rings. The van der Waals surface area contributed by atoms with Crippen LogP contribution in [-0.2, 0) is 4.79 Å². The zero-order valence-electron chi connectivity index (χ0n) is 12.7. The van der Waals surface area contributed by atoms with E-state index in [-0.39, 0.29) is 23.3 Å². The molecule has 20 heavy (non-hydrogen) atoms. The Bertz CT molecular complexity index is 454. The lowest BCUT2D eigenvalue weighted by Gasteiger charge is -2.26. The third-order valence-corrected chi connectivity index (χ3v) is 3.71. The van der Waals surface area contributed by atoms with Gasteiger partial charge in [-0.1, -0.05) is 48.8 Å². The fourth-order valence-corrected chi connectivity index (χ4v) is 2.63. The second kappa shape index (κ2) is 7.23. The van der Waals surface area contributed by atoms with E-state index in [9.17, 15) is 4.79 Å². The first-order chi connectivity index (χ1) is 9.23. The van der Waals surface area contributed by atoms with Gasteiger partial charge in [-0.3, -0.25) is 4.79 Å². The number of nitrogens with one attached hydrogen (secondary N) is 1. The lowest BCUT2D eigenvalue weighted by molar-refractivity contribution is -0.126. The molecular weight excluding hydrogens is 316 g/mol. The van der Waals surface area contributed by atoms with Gasteiger partial charge in [0, 0.05) is 11.0 Å². The SMILES string of the molecule is C[C@@H](NC(=O)C(CN)CC(C)(C)C)c1cccc(Br)c1. The van der Waals surface area contributed by atoms with E-state index in [1.807, 2.05) is 31.2 Å². The summed E-state index contributed by atoms with van der Waals surface area (Å²) in [6.07, 6.45) is 0.792. The molecule has 3 nitrogen and oxygen atoms in total. The van der Waals surface area contributed by atoms with E-state index in [2.05, 4.69) is 42.0 Å². The summed E-state index contributed by atoms with van der Waals surface area (Å²) in [7, 11) is 0. The summed E-state index contributed by atoms with van der Waals surface area (Å²) in [5, 5.41) is 3.06. The van der Waals surface area contributed by atoms with E-state index >= 15 is 0 Å². The van der Waals surface area contributed by atoms with Gasteiger partial charge < -0.3 is 11.1 Å². The molecule has 112 valence electrons. The zero-order valence-corrected chi connectivity index (χ0v) is 14.3. The molecule has 1 aromatic carbocycles. The number of halogens is 1. The predicted octanol–water partition coefficient (Wildman–Crippen LogP) is 3.64. The highest BCUT2D eigenvalue weighted by molar-refractivity contribution is 9.10. The van der Waals surface area contributed by atoms with E-state index in [4.69, 9.17) is 5.73 Å². The molecule has 0 heterocycles. The van der Waals surface area contributed by atoms with Gasteiger partial charge in [-0.2, -0.15) is 0 Å². The molecule has 2 atom stereocenters. The smallest absolute Gasteiger partial charge is 0.224 e. The van der Waals surface area contributed by atoms with E-state index in [1.165, 1.54) is 0 Å². The van der Waals surface area contributed by atoms with Crippen molar-refractivity contribution in [2.75, 3.05) is 6.54 Å². The molecule has 1 aromatic rings. The normalized spacial score (nSPS) is 14.7. The molecule has 1 amide bonds. The molecule has 1 unspecified atom stereocenters. The summed E-state index contributed by atoms with van der Waals surface area (Å²) in [6, 6.07) is 7.95. The van der Waals surface area contributed by atoms with Crippen molar-refractivity contribution in [3.63, 3.8) is 0 Å². The van der Waals surface area contributed by atoms with Crippen molar-refractivity contribution in [1.82, 2.24) is 5.32 Å². The molecule has 0 aliphatic carbocycles. The maximum atomic E-state index is 12.3. The van der Waals surface area contributed by atoms with Crippen LogP contribution < -0.4 is 11.1 Å². The first-order valence-corrected chi connectivity index (χ1v) is 7.78. The van der Waals surface area contributed by atoms with Crippen molar-refractivity contribution in [3.05, 3.63) is 34.3 Å². The number of hydrogen-bond donors (Lipinski definition) is 2. The van der Waals surface area contributed by atoms with Crippen molar-refractivity contribution >= 4 is 21.8 Å². The number of carbonyl (C=O) groups is 1. The summed E-state index contributed by atoms with van der Waals surface area (Å²) in [5.74, 6) is -0.0977. The molecule has 1 rings (SSSR count). The second-order valence-electron chi connectivity index (χ2n) is 6.48. The molecule has 3 N–H and O–H groups in total. The van der Waals surface area contributed by atoms with Gasteiger partial charge in [0.25, 0.3) is 0 Å². The minimum Gasteiger partial charge on any atom is -0.349 e. The van der Waals surface area contributed by atoms with Gasteiger partial charge in [-0.15, -0.1) is 0 Å². The Kier molecular flexibility index (Phi) is 6.21. The zero-order chi connectivity index (χ0) is 15.3. The van der Waals surface area contributed by atoms with Crippen LogP contribution in [0.2, 0.25) is 0 Å². The standard InChI is InChI=1S/C16H25BrN2O/c1-11(12-6-5-7-14(17)8-12)19-15(20)13(10-18)9-16(2,3)4/h5-8,11,13H,9-10,18H2,1-4H3,(H,19,20)/t11-,13?/m1/s1. The topological polar surface area (TPSA) is 55.1 Å². The van der Waals surface area contributed by atoms with Crippen molar-refractivity contribution in [2.45, 2.75) is 40.2 Å². The molecule has 0 aliphatic heterocycles. The summed E-state index contributed by atoms with van der Waals surface area (Å²) in [6.45, 7) is 8.75. The van der Waals surface area contributed by atoms with Crippen molar-refractivity contribution in [3.8, 4) is 0 Å². The number of amides is 1. The van der Waals surface area contributed by atoms with Crippen LogP contribution >= 0.6 is 15.9 Å². The van der Waals surface area contributed by atoms with Crippen molar-refractivity contribution < 1.29 is 4.79 Å². The van der Waals surface area contributed by atoms with Gasteiger partial charge >= 0.3 is 0 Å². The Morgan fingerprint density at radius 2 is 2.05 bits per heavy atom. The van der Waals surface area contributed by atoms with Crippen LogP contribution in [0.25, 0.3) is 0 Å². The second-order valence-corrected chi connectivity index (χ2v) is 7.40. The Labute approximate surface area is 130 Å². The highest BCUT2D eigenvalue weighted by Crippen LogP contribution is 2.25. The van der Waals surface area contributed by atoms with Gasteiger partial charge in [0.2, 0.25) is 5.91 Å².